The second kappa shape index (κ2) is 6.90. The topological polar surface area (TPSA) is 111 Å². The minimum atomic E-state index is -3.35. The number of hydrogen-bond acceptors (Lipinski definition) is 6. The first kappa shape index (κ1) is 19.8. The van der Waals surface area contributed by atoms with E-state index in [0.717, 1.165) is 16.5 Å². The summed E-state index contributed by atoms with van der Waals surface area (Å²) >= 11 is 0. The summed E-state index contributed by atoms with van der Waals surface area (Å²) in [7, 11) is -3.35. The van der Waals surface area contributed by atoms with Crippen molar-refractivity contribution in [2.24, 2.45) is 0 Å². The zero-order valence-electron chi connectivity index (χ0n) is 16.0. The van der Waals surface area contributed by atoms with Gasteiger partial charge < -0.3 is 9.84 Å². The minimum Gasteiger partial charge on any atom is -0.487 e. The predicted molar refractivity (Wildman–Crippen MR) is 104 cm³/mol. The highest BCUT2D eigenvalue weighted by Crippen LogP contribution is 2.34. The Bertz CT molecular complexity index is 1160. The van der Waals surface area contributed by atoms with Crippen LogP contribution in [0.5, 0.6) is 5.75 Å². The summed E-state index contributed by atoms with van der Waals surface area (Å²) in [5, 5.41) is 14.0. The van der Waals surface area contributed by atoms with Crippen LogP contribution in [0.1, 0.15) is 32.0 Å². The molecular weight excluding hydrogens is 382 g/mol. The average molecular weight is 403 g/mol. The molecule has 0 aliphatic heterocycles. The summed E-state index contributed by atoms with van der Waals surface area (Å²) in [5.74, 6) is 0.516. The van der Waals surface area contributed by atoms with Gasteiger partial charge in [0.25, 0.3) is 0 Å². The molecule has 2 heterocycles. The Hall–Kier alpha value is -2.94. The van der Waals surface area contributed by atoms with Crippen LogP contribution in [0.25, 0.3) is 11.0 Å². The third kappa shape index (κ3) is 3.84. The van der Waals surface area contributed by atoms with Gasteiger partial charge in [-0.15, -0.1) is 4.68 Å². The number of aromatic nitrogens is 3. The van der Waals surface area contributed by atoms with Crippen LogP contribution in [0.4, 0.5) is 4.79 Å². The lowest BCUT2D eigenvalue weighted by atomic mass is 9.86. The van der Waals surface area contributed by atoms with Crippen molar-refractivity contribution >= 4 is 27.0 Å². The lowest BCUT2D eigenvalue weighted by molar-refractivity contribution is 0.193. The van der Waals surface area contributed by atoms with Gasteiger partial charge >= 0.3 is 6.09 Å². The third-order valence-corrected chi connectivity index (χ3v) is 5.36. The summed E-state index contributed by atoms with van der Waals surface area (Å²) < 4.78 is 30.5. The number of carboxylic acid groups (broad SMARTS) is 1. The molecule has 0 amide bonds. The number of carbonyl (C=O) groups is 1. The lowest BCUT2D eigenvalue weighted by Crippen LogP contribution is -2.15. The minimum absolute atomic E-state index is 0.0176. The van der Waals surface area contributed by atoms with Gasteiger partial charge in [-0.3, -0.25) is 0 Å². The van der Waals surface area contributed by atoms with Crippen molar-refractivity contribution in [2.45, 2.75) is 37.7 Å². The van der Waals surface area contributed by atoms with E-state index < -0.39 is 15.9 Å². The highest BCUT2D eigenvalue weighted by atomic mass is 32.2. The SMILES string of the molecule is CC(C)(C)c1cc(S(C)(=O)=O)ccc1OCc1nn(C(=O)O)c2ncccc12. The molecule has 0 fully saturated rings. The van der Waals surface area contributed by atoms with Crippen molar-refractivity contribution in [3.05, 3.63) is 47.8 Å². The molecule has 0 aliphatic carbocycles. The highest BCUT2D eigenvalue weighted by Gasteiger charge is 2.23. The van der Waals surface area contributed by atoms with Crippen LogP contribution in [-0.4, -0.2) is 40.6 Å². The van der Waals surface area contributed by atoms with Gasteiger partial charge in [0.1, 0.15) is 18.1 Å². The van der Waals surface area contributed by atoms with Crippen LogP contribution in [0.2, 0.25) is 0 Å². The number of sulfone groups is 1. The Morgan fingerprint density at radius 2 is 1.96 bits per heavy atom. The molecule has 0 saturated carbocycles. The number of hydrogen-bond donors (Lipinski definition) is 1. The first-order valence-corrected chi connectivity index (χ1v) is 10.4. The molecule has 8 nitrogen and oxygen atoms in total. The summed E-state index contributed by atoms with van der Waals surface area (Å²) in [5.41, 5.74) is 1.03. The van der Waals surface area contributed by atoms with E-state index in [1.54, 1.807) is 24.3 Å². The molecule has 1 N–H and O–H groups in total. The predicted octanol–water partition coefficient (Wildman–Crippen LogP) is 3.24. The molecule has 0 atom stereocenters. The fourth-order valence-corrected chi connectivity index (χ4v) is 3.50. The van der Waals surface area contributed by atoms with Crippen LogP contribution < -0.4 is 4.74 Å². The van der Waals surface area contributed by atoms with E-state index in [1.807, 2.05) is 20.8 Å². The monoisotopic (exact) mass is 403 g/mol. The maximum Gasteiger partial charge on any atom is 0.434 e. The molecule has 0 unspecified atom stereocenters. The summed E-state index contributed by atoms with van der Waals surface area (Å²) in [4.78, 5) is 15.7. The molecule has 0 aliphatic rings. The van der Waals surface area contributed by atoms with E-state index in [9.17, 15) is 18.3 Å². The quantitative estimate of drug-likeness (QED) is 0.712. The Balaban J connectivity index is 2.00. The summed E-state index contributed by atoms with van der Waals surface area (Å²) in [6.45, 7) is 5.89. The first-order chi connectivity index (χ1) is 13.0. The van der Waals surface area contributed by atoms with Crippen molar-refractivity contribution in [2.75, 3.05) is 6.26 Å². The number of nitrogens with zero attached hydrogens (tertiary/aromatic N) is 3. The van der Waals surface area contributed by atoms with E-state index in [-0.39, 0.29) is 22.6 Å². The summed E-state index contributed by atoms with van der Waals surface area (Å²) in [6.07, 6.45) is 1.42. The normalized spacial score (nSPS) is 12.3. The Labute approximate surface area is 162 Å². The number of benzene rings is 1. The zero-order valence-corrected chi connectivity index (χ0v) is 16.8. The van der Waals surface area contributed by atoms with Gasteiger partial charge in [-0.05, 0) is 35.7 Å². The number of fused-ring (bicyclic) bond motifs is 1. The maximum atomic E-state index is 11.9. The van der Waals surface area contributed by atoms with E-state index in [4.69, 9.17) is 4.74 Å². The van der Waals surface area contributed by atoms with Gasteiger partial charge in [0, 0.05) is 23.4 Å². The first-order valence-electron chi connectivity index (χ1n) is 8.52. The number of ether oxygens (including phenoxy) is 1. The van der Waals surface area contributed by atoms with Gasteiger partial charge in [0.15, 0.2) is 15.5 Å². The Kier molecular flexibility index (Phi) is 4.88. The van der Waals surface area contributed by atoms with Crippen LogP contribution in [0.15, 0.2) is 41.4 Å². The van der Waals surface area contributed by atoms with Crippen LogP contribution in [0.3, 0.4) is 0 Å². The van der Waals surface area contributed by atoms with E-state index in [2.05, 4.69) is 10.1 Å². The largest absolute Gasteiger partial charge is 0.487 e. The molecule has 148 valence electrons. The third-order valence-electron chi connectivity index (χ3n) is 4.25. The van der Waals surface area contributed by atoms with Crippen LogP contribution in [0, 0.1) is 0 Å². The number of rotatable bonds is 4. The smallest absolute Gasteiger partial charge is 0.434 e. The fraction of sp³-hybridized carbons (Fsp3) is 0.316. The molecular formula is C19H21N3O5S. The summed E-state index contributed by atoms with van der Waals surface area (Å²) in [6, 6.07) is 8.15. The van der Waals surface area contributed by atoms with Crippen molar-refractivity contribution < 1.29 is 23.1 Å². The molecule has 0 spiro atoms. The molecule has 3 rings (SSSR count). The molecule has 1 aromatic carbocycles. The standard InChI is InChI=1S/C19H21N3O5S/c1-19(2,3)14-10-12(28(4,25)26)7-8-16(14)27-11-15-13-6-5-9-20-17(13)22(21-15)18(23)24/h5-10H,11H2,1-4H3,(H,23,24). The van der Waals surface area contributed by atoms with E-state index in [1.165, 1.54) is 12.3 Å². The van der Waals surface area contributed by atoms with Gasteiger partial charge in [0.2, 0.25) is 0 Å². The molecule has 9 heteroatoms. The molecule has 0 saturated heterocycles. The van der Waals surface area contributed by atoms with Gasteiger partial charge in [0.05, 0.1) is 4.90 Å². The van der Waals surface area contributed by atoms with Crippen molar-refractivity contribution in [1.29, 1.82) is 0 Å². The highest BCUT2D eigenvalue weighted by molar-refractivity contribution is 7.90. The fourth-order valence-electron chi connectivity index (χ4n) is 2.85. The second-order valence-electron chi connectivity index (χ2n) is 7.48. The van der Waals surface area contributed by atoms with Gasteiger partial charge in [-0.25, -0.2) is 18.2 Å². The van der Waals surface area contributed by atoms with Gasteiger partial charge in [-0.1, -0.05) is 20.8 Å². The van der Waals surface area contributed by atoms with Crippen LogP contribution >= 0.6 is 0 Å². The molecule has 0 radical (unpaired) electrons. The zero-order chi connectivity index (χ0) is 20.7. The van der Waals surface area contributed by atoms with Crippen LogP contribution in [-0.2, 0) is 21.9 Å². The Morgan fingerprint density at radius 3 is 2.57 bits per heavy atom. The van der Waals surface area contributed by atoms with Crippen molar-refractivity contribution in [1.82, 2.24) is 14.8 Å². The second-order valence-corrected chi connectivity index (χ2v) is 9.50. The number of pyridine rings is 1. The van der Waals surface area contributed by atoms with Crippen molar-refractivity contribution in [3.8, 4) is 5.75 Å². The lowest BCUT2D eigenvalue weighted by Gasteiger charge is -2.23. The Morgan fingerprint density at radius 1 is 1.25 bits per heavy atom. The molecule has 3 aromatic rings. The average Bonchev–Trinajstić information content (AvgIpc) is 2.97. The molecule has 28 heavy (non-hydrogen) atoms. The molecule has 0 bridgehead atoms. The van der Waals surface area contributed by atoms with Crippen molar-refractivity contribution in [3.63, 3.8) is 0 Å². The van der Waals surface area contributed by atoms with E-state index >= 15 is 0 Å². The maximum absolute atomic E-state index is 11.9. The van der Waals surface area contributed by atoms with Gasteiger partial charge in [-0.2, -0.15) is 5.10 Å². The van der Waals surface area contributed by atoms with E-state index in [0.29, 0.717) is 16.8 Å². The molecule has 2 aromatic heterocycles.